The Balaban J connectivity index is 1.56. The number of benzene rings is 2. The number of thioether (sulfide) groups is 1. The average molecular weight is 385 g/mol. The summed E-state index contributed by atoms with van der Waals surface area (Å²) in [6, 6.07) is 14.7. The van der Waals surface area contributed by atoms with Crippen molar-refractivity contribution in [1.29, 1.82) is 0 Å². The number of carbonyl (C=O) groups is 1. The van der Waals surface area contributed by atoms with E-state index in [2.05, 4.69) is 20.8 Å². The molecule has 3 aromatic rings. The predicted octanol–water partition coefficient (Wildman–Crippen LogP) is 2.80. The Morgan fingerprint density at radius 3 is 2.63 bits per heavy atom. The van der Waals surface area contributed by atoms with Crippen LogP contribution in [0.25, 0.3) is 5.69 Å². The van der Waals surface area contributed by atoms with Gasteiger partial charge in [-0.2, -0.15) is 4.68 Å². The summed E-state index contributed by atoms with van der Waals surface area (Å²) < 4.78 is 12.1. The minimum Gasteiger partial charge on any atom is -0.497 e. The predicted molar refractivity (Wildman–Crippen MR) is 103 cm³/mol. The van der Waals surface area contributed by atoms with Crippen molar-refractivity contribution in [3.05, 3.63) is 48.5 Å². The Labute approximate surface area is 160 Å². The van der Waals surface area contributed by atoms with Crippen molar-refractivity contribution >= 4 is 23.4 Å². The molecular formula is C18H19N5O3S. The molecule has 0 unspecified atom stereocenters. The molecule has 0 aliphatic rings. The molecule has 0 aliphatic heterocycles. The molecule has 3 rings (SSSR count). The minimum absolute atomic E-state index is 0.0796. The first-order valence-electron chi connectivity index (χ1n) is 8.19. The van der Waals surface area contributed by atoms with Crippen LogP contribution in [-0.4, -0.2) is 46.1 Å². The highest BCUT2D eigenvalue weighted by atomic mass is 32.2. The number of amides is 1. The Kier molecular flexibility index (Phi) is 6.26. The van der Waals surface area contributed by atoms with Gasteiger partial charge in [0.15, 0.2) is 0 Å². The molecule has 27 heavy (non-hydrogen) atoms. The first-order chi connectivity index (χ1) is 13.2. The number of aromatic nitrogens is 4. The van der Waals surface area contributed by atoms with Crippen LogP contribution in [0.5, 0.6) is 11.5 Å². The molecule has 0 atom stereocenters. The number of nitrogens with zero attached hydrogens (tertiary/aromatic N) is 4. The van der Waals surface area contributed by atoms with E-state index in [0.717, 1.165) is 17.1 Å². The topological polar surface area (TPSA) is 91.2 Å². The third kappa shape index (κ3) is 4.76. The van der Waals surface area contributed by atoms with E-state index in [1.54, 1.807) is 43.2 Å². The van der Waals surface area contributed by atoms with Crippen LogP contribution < -0.4 is 14.8 Å². The van der Waals surface area contributed by atoms with E-state index in [-0.39, 0.29) is 5.91 Å². The minimum atomic E-state index is -0.0796. The Morgan fingerprint density at radius 1 is 1.11 bits per heavy atom. The van der Waals surface area contributed by atoms with E-state index < -0.39 is 0 Å². The fraction of sp³-hybridized carbons (Fsp3) is 0.222. The lowest BCUT2D eigenvalue weighted by molar-refractivity contribution is -0.115. The standard InChI is InChI=1S/C18H19N5O3S/c1-25-14-9-7-13(8-10-14)19-17(24)11-12-27-18-20-21-22-23(18)15-5-3-4-6-16(15)26-2/h3-10H,11-12H2,1-2H3,(H,19,24). The van der Waals surface area contributed by atoms with E-state index in [9.17, 15) is 4.79 Å². The van der Waals surface area contributed by atoms with Crippen LogP contribution in [-0.2, 0) is 4.79 Å². The van der Waals surface area contributed by atoms with Gasteiger partial charge in [0.25, 0.3) is 0 Å². The summed E-state index contributed by atoms with van der Waals surface area (Å²) in [5, 5.41) is 15.2. The molecule has 1 aromatic heterocycles. The van der Waals surface area contributed by atoms with E-state index in [4.69, 9.17) is 9.47 Å². The van der Waals surface area contributed by atoms with Crippen molar-refractivity contribution in [3.8, 4) is 17.2 Å². The maximum Gasteiger partial charge on any atom is 0.225 e. The summed E-state index contributed by atoms with van der Waals surface area (Å²) in [5.41, 5.74) is 1.47. The van der Waals surface area contributed by atoms with Crippen LogP contribution in [0.4, 0.5) is 5.69 Å². The Morgan fingerprint density at radius 2 is 1.89 bits per heavy atom. The molecule has 140 valence electrons. The lowest BCUT2D eigenvalue weighted by Gasteiger charge is -2.09. The third-order valence-corrected chi connectivity index (χ3v) is 4.61. The summed E-state index contributed by atoms with van der Waals surface area (Å²) >= 11 is 1.40. The van der Waals surface area contributed by atoms with Crippen molar-refractivity contribution in [2.24, 2.45) is 0 Å². The molecule has 0 aliphatic carbocycles. The lowest BCUT2D eigenvalue weighted by Crippen LogP contribution is -2.12. The van der Waals surface area contributed by atoms with Crippen molar-refractivity contribution in [2.75, 3.05) is 25.3 Å². The number of nitrogens with one attached hydrogen (secondary N) is 1. The van der Waals surface area contributed by atoms with Gasteiger partial charge in [0, 0.05) is 17.9 Å². The van der Waals surface area contributed by atoms with E-state index in [1.165, 1.54) is 11.8 Å². The van der Waals surface area contributed by atoms with Crippen LogP contribution in [0.3, 0.4) is 0 Å². The van der Waals surface area contributed by atoms with E-state index >= 15 is 0 Å². The van der Waals surface area contributed by atoms with Crippen LogP contribution in [0.2, 0.25) is 0 Å². The van der Waals surface area contributed by atoms with Gasteiger partial charge >= 0.3 is 0 Å². The third-order valence-electron chi connectivity index (χ3n) is 3.69. The van der Waals surface area contributed by atoms with Gasteiger partial charge in [0.2, 0.25) is 11.1 Å². The lowest BCUT2D eigenvalue weighted by atomic mass is 10.3. The van der Waals surface area contributed by atoms with E-state index in [1.807, 2.05) is 24.3 Å². The maximum absolute atomic E-state index is 12.1. The first-order valence-corrected chi connectivity index (χ1v) is 9.18. The van der Waals surface area contributed by atoms with Gasteiger partial charge < -0.3 is 14.8 Å². The highest BCUT2D eigenvalue weighted by Crippen LogP contribution is 2.25. The van der Waals surface area contributed by atoms with Gasteiger partial charge in [0.1, 0.15) is 17.2 Å². The summed E-state index contributed by atoms with van der Waals surface area (Å²) in [6.45, 7) is 0. The molecule has 1 N–H and O–H groups in total. The smallest absolute Gasteiger partial charge is 0.225 e. The van der Waals surface area contributed by atoms with Crippen LogP contribution >= 0.6 is 11.8 Å². The zero-order chi connectivity index (χ0) is 19.1. The van der Waals surface area contributed by atoms with Gasteiger partial charge in [-0.05, 0) is 46.8 Å². The zero-order valence-corrected chi connectivity index (χ0v) is 15.8. The fourth-order valence-electron chi connectivity index (χ4n) is 2.36. The van der Waals surface area contributed by atoms with Crippen molar-refractivity contribution in [1.82, 2.24) is 20.2 Å². The Bertz CT molecular complexity index is 898. The quantitative estimate of drug-likeness (QED) is 0.596. The summed E-state index contributed by atoms with van der Waals surface area (Å²) in [6.07, 6.45) is 0.329. The van der Waals surface area contributed by atoms with Gasteiger partial charge in [0.05, 0.1) is 14.2 Å². The monoisotopic (exact) mass is 385 g/mol. The number of hydrogen-bond donors (Lipinski definition) is 1. The van der Waals surface area contributed by atoms with Crippen LogP contribution in [0, 0.1) is 0 Å². The molecule has 1 heterocycles. The number of anilines is 1. The SMILES string of the molecule is COc1ccc(NC(=O)CCSc2nnnn2-c2ccccc2OC)cc1. The van der Waals surface area contributed by atoms with Gasteiger partial charge in [-0.3, -0.25) is 4.79 Å². The first kappa shape index (κ1) is 18.7. The molecule has 2 aromatic carbocycles. The highest BCUT2D eigenvalue weighted by molar-refractivity contribution is 7.99. The molecule has 0 saturated carbocycles. The van der Waals surface area contributed by atoms with Gasteiger partial charge in [-0.15, -0.1) is 5.10 Å². The van der Waals surface area contributed by atoms with Crippen molar-refractivity contribution in [2.45, 2.75) is 11.6 Å². The number of methoxy groups -OCH3 is 2. The summed E-state index contributed by atoms with van der Waals surface area (Å²) in [7, 11) is 3.20. The zero-order valence-electron chi connectivity index (χ0n) is 15.0. The van der Waals surface area contributed by atoms with Gasteiger partial charge in [-0.1, -0.05) is 23.9 Å². The fourth-order valence-corrected chi connectivity index (χ4v) is 3.18. The number of para-hydroxylation sites is 2. The largest absolute Gasteiger partial charge is 0.497 e. The molecule has 0 saturated heterocycles. The second kappa shape index (κ2) is 9.04. The normalized spacial score (nSPS) is 10.4. The van der Waals surface area contributed by atoms with Crippen molar-refractivity contribution < 1.29 is 14.3 Å². The molecular weight excluding hydrogens is 366 g/mol. The molecule has 0 bridgehead atoms. The molecule has 8 nitrogen and oxygen atoms in total. The summed E-state index contributed by atoms with van der Waals surface area (Å²) in [4.78, 5) is 12.1. The molecule has 0 spiro atoms. The molecule has 1 amide bonds. The molecule has 9 heteroatoms. The number of ether oxygens (including phenoxy) is 2. The highest BCUT2D eigenvalue weighted by Gasteiger charge is 2.13. The van der Waals surface area contributed by atoms with Gasteiger partial charge in [-0.25, -0.2) is 0 Å². The maximum atomic E-state index is 12.1. The number of tetrazole rings is 1. The number of hydrogen-bond acceptors (Lipinski definition) is 7. The second-order valence-electron chi connectivity index (χ2n) is 5.42. The van der Waals surface area contributed by atoms with Crippen LogP contribution in [0.1, 0.15) is 6.42 Å². The average Bonchev–Trinajstić information content (AvgIpc) is 3.17. The Hall–Kier alpha value is -3.07. The number of carbonyl (C=O) groups excluding carboxylic acids is 1. The molecule has 0 radical (unpaired) electrons. The van der Waals surface area contributed by atoms with Crippen LogP contribution in [0.15, 0.2) is 53.7 Å². The van der Waals surface area contributed by atoms with Crippen molar-refractivity contribution in [3.63, 3.8) is 0 Å². The second-order valence-corrected chi connectivity index (χ2v) is 6.48. The molecule has 0 fully saturated rings. The van der Waals surface area contributed by atoms with E-state index in [0.29, 0.717) is 23.1 Å². The number of rotatable bonds is 8. The summed E-state index contributed by atoms with van der Waals surface area (Å²) in [5.74, 6) is 1.87.